The van der Waals surface area contributed by atoms with Crippen LogP contribution in [0.1, 0.15) is 47.2 Å². The van der Waals surface area contributed by atoms with E-state index < -0.39 is 22.0 Å². The Hall–Kier alpha value is -8.36. The number of ether oxygens (including phenoxy) is 1. The van der Waals surface area contributed by atoms with Gasteiger partial charge in [-0.1, -0.05) is 24.3 Å². The van der Waals surface area contributed by atoms with Gasteiger partial charge in [-0.05, 0) is 338 Å². The number of hydrogen-bond donors (Lipinski definition) is 0. The third-order valence-electron chi connectivity index (χ3n) is 27.1. The molecule has 2 aliphatic heterocycles. The molecule has 1 fully saturated rings. The van der Waals surface area contributed by atoms with E-state index in [9.17, 15) is 0 Å². The Balaban J connectivity index is 1.20. The quantitative estimate of drug-likeness (QED) is 0.138. The van der Waals surface area contributed by atoms with Gasteiger partial charge in [0.25, 0.3) is 0 Å². The van der Waals surface area contributed by atoms with E-state index in [0.717, 1.165) is 0 Å². The van der Waals surface area contributed by atoms with Crippen molar-refractivity contribution in [2.45, 2.75) is 35.9 Å². The van der Waals surface area contributed by atoms with Gasteiger partial charge in [-0.2, -0.15) is 0 Å². The van der Waals surface area contributed by atoms with E-state index in [1.807, 2.05) is 0 Å². The van der Waals surface area contributed by atoms with E-state index in [2.05, 4.69) is 38.1 Å². The van der Waals surface area contributed by atoms with Crippen molar-refractivity contribution in [1.29, 1.82) is 0 Å². The maximum atomic E-state index is 8.64. The topological polar surface area (TPSA) is 9.23 Å². The van der Waals surface area contributed by atoms with Crippen LogP contribution in [0.3, 0.4) is 0 Å². The van der Waals surface area contributed by atoms with Crippen molar-refractivity contribution in [3.8, 4) is 0 Å². The third-order valence-corrected chi connectivity index (χ3v) is 27.1. The highest BCUT2D eigenvalue weighted by molar-refractivity contribution is 6.82. The second kappa shape index (κ2) is 5.63. The molecule has 296 valence electrons. The normalized spacial score (nSPS) is 26.9. The van der Waals surface area contributed by atoms with Crippen LogP contribution in [0.4, 0.5) is 0 Å². The Labute approximate surface area is 387 Å². The molecule has 2 atom stereocenters. The van der Waals surface area contributed by atoms with Crippen LogP contribution in [-0.2, 0) is 26.8 Å². The minimum absolute atomic E-state index is 0.464. The van der Waals surface area contributed by atoms with Gasteiger partial charge >= 0.3 is 0 Å². The first-order valence-corrected chi connectivity index (χ1v) is 26.7. The Morgan fingerprint density at radius 3 is 0.465 bits per heavy atom. The molecule has 1 saturated heterocycles. The molecule has 1 heteroatoms. The lowest BCUT2D eigenvalue weighted by Gasteiger charge is -2.59. The minimum Gasteiger partial charge on any atom is -0.357 e. The van der Waals surface area contributed by atoms with Crippen molar-refractivity contribution < 1.29 is 4.74 Å². The van der Waals surface area contributed by atoms with Crippen molar-refractivity contribution in [1.82, 2.24) is 0 Å². The summed E-state index contributed by atoms with van der Waals surface area (Å²) in [6, 6.07) is 9.77. The summed E-state index contributed by atoms with van der Waals surface area (Å²) >= 11 is 0. The molecular formula is C70H10O. The van der Waals surface area contributed by atoms with Gasteiger partial charge in [-0.3, -0.25) is 0 Å². The lowest BCUT2D eigenvalue weighted by Crippen LogP contribution is -2.63. The molecule has 0 amide bonds. The predicted octanol–water partition coefficient (Wildman–Crippen LogP) is 18.5. The van der Waals surface area contributed by atoms with Crippen molar-refractivity contribution in [3.05, 3.63) is 57.6 Å². The zero-order chi connectivity index (χ0) is 42.2. The lowest BCUT2D eigenvalue weighted by atomic mass is 9.38. The zero-order valence-corrected chi connectivity index (χ0v) is 36.7. The standard InChI is InChI=1S/C70H10O/c1-67-7-5-3-4-6-8(7)68(2,71-67)70-65-57-49-39-29-21-13-10-9-11-15-17(13)25-31-23(15)33-27-19(11)20-12(9)16-18-14(10)22(21)30-36-26(18)32-24(16)34-28(20)38-37(27)47-41(33)51-45(31)53(43(49)35(25)29)61(65)59(51)63-55(47)56-48(38)42(34)52-46(32)54-44(36)50(40(30)39)58(57)66(70)62(54)60(52)64(56)69(63,67)70/h3-6H,1-2H3/t67-,68+,69?,70?. The van der Waals surface area contributed by atoms with Crippen LogP contribution in [0.5, 0.6) is 0 Å². The molecule has 71 heavy (non-hydrogen) atoms. The van der Waals surface area contributed by atoms with Crippen LogP contribution < -0.4 is 0 Å². The first kappa shape index (κ1) is 26.0. The summed E-state index contributed by atoms with van der Waals surface area (Å²) in [5.41, 5.74) is 7.56. The molecule has 7 aliphatic rings. The number of rotatable bonds is 0. The highest BCUT2D eigenvalue weighted by Crippen LogP contribution is 2.92. The summed E-state index contributed by atoms with van der Waals surface area (Å²) < 4.78 is 8.64. The van der Waals surface area contributed by atoms with Crippen LogP contribution in [0.2, 0.25) is 0 Å². The van der Waals surface area contributed by atoms with Crippen LogP contribution >= 0.6 is 0 Å². The highest BCUT2D eigenvalue weighted by Gasteiger charge is 2.88. The average molecular weight is 867 g/mol. The van der Waals surface area contributed by atoms with E-state index >= 15 is 0 Å². The Bertz CT molecular complexity index is 6950. The first-order chi connectivity index (χ1) is 35.2. The molecule has 2 spiro atoms. The lowest BCUT2D eigenvalue weighted by molar-refractivity contribution is -0.0835. The Kier molecular flexibility index (Phi) is 2.06. The molecule has 29 aromatic carbocycles. The fourth-order valence-electron chi connectivity index (χ4n) is 27.3. The SMILES string of the molecule is C[C@]12O[C@](C)(c3ccccc31)C13c4c5c6c7c8c9c(c%10c%11c1c1c4c4c%12c5c5c6c6c8c8c%13c9c9c%10c%10c%11c%11c1c1c4c4c%12c%12c5c5c6c8c6c8c%13c9c9c%10c%10c%11c1c1c4c4c%12c5c6c5c8c9c%10c1c45)C732. The zero-order valence-electron chi connectivity index (χ0n) is 36.7. The van der Waals surface area contributed by atoms with E-state index in [1.165, 1.54) is 11.1 Å². The molecule has 1 nitrogen and oxygen atoms in total. The van der Waals surface area contributed by atoms with Gasteiger partial charge in [-0.15, -0.1) is 0 Å². The molecule has 0 unspecified atom stereocenters. The summed E-state index contributed by atoms with van der Waals surface area (Å²) in [5.74, 6) is 0. The smallest absolute Gasteiger partial charge is 0.107 e. The maximum absolute atomic E-state index is 8.64. The van der Waals surface area contributed by atoms with Crippen LogP contribution in [-0.4, -0.2) is 0 Å². The van der Waals surface area contributed by atoms with Crippen molar-refractivity contribution in [2.75, 3.05) is 0 Å². The molecule has 29 aromatic rings. The first-order valence-electron chi connectivity index (χ1n) is 26.7. The van der Waals surface area contributed by atoms with Gasteiger partial charge in [0.2, 0.25) is 0 Å². The summed E-state index contributed by atoms with van der Waals surface area (Å²) in [6.07, 6.45) is 0. The van der Waals surface area contributed by atoms with Crippen molar-refractivity contribution in [2.24, 2.45) is 0 Å². The molecule has 2 heterocycles. The maximum Gasteiger partial charge on any atom is 0.107 e. The predicted molar refractivity (Wildman–Crippen MR) is 296 cm³/mol. The third kappa shape index (κ3) is 1.29. The van der Waals surface area contributed by atoms with Crippen LogP contribution in [0, 0.1) is 0 Å². The summed E-state index contributed by atoms with van der Waals surface area (Å²) in [6.45, 7) is 5.30. The summed E-state index contributed by atoms with van der Waals surface area (Å²) in [5, 5.41) is 89.2. The fraction of sp³-hybridized carbons (Fsp3) is 0.0857. The highest BCUT2D eigenvalue weighted by atomic mass is 16.5. The van der Waals surface area contributed by atoms with Gasteiger partial charge in [0.1, 0.15) is 11.2 Å². The average Bonchev–Trinajstić information content (AvgIpc) is 4.32. The van der Waals surface area contributed by atoms with Crippen LogP contribution in [0.25, 0.3) is 291 Å². The minimum atomic E-state index is -0.610. The second-order valence-corrected chi connectivity index (χ2v) is 27.0. The van der Waals surface area contributed by atoms with Crippen LogP contribution in [0.15, 0.2) is 24.3 Å². The van der Waals surface area contributed by atoms with Gasteiger partial charge in [0.05, 0.1) is 10.8 Å². The van der Waals surface area contributed by atoms with Gasteiger partial charge in [0.15, 0.2) is 0 Å². The molecule has 36 rings (SSSR count). The molecule has 0 N–H and O–H groups in total. The van der Waals surface area contributed by atoms with E-state index in [4.69, 9.17) is 4.74 Å². The van der Waals surface area contributed by atoms with Gasteiger partial charge in [-0.25, -0.2) is 0 Å². The number of benzene rings is 19. The molecule has 5 aliphatic carbocycles. The summed E-state index contributed by atoms with van der Waals surface area (Å²) in [4.78, 5) is 0. The van der Waals surface area contributed by atoms with E-state index in [-0.39, 0.29) is 0 Å². The molecule has 0 radical (unpaired) electrons. The van der Waals surface area contributed by atoms with E-state index in [0.29, 0.717) is 0 Å². The van der Waals surface area contributed by atoms with Gasteiger partial charge < -0.3 is 4.74 Å². The summed E-state index contributed by atoms with van der Waals surface area (Å²) in [7, 11) is 0. The van der Waals surface area contributed by atoms with Crippen molar-refractivity contribution in [3.63, 3.8) is 0 Å². The largest absolute Gasteiger partial charge is 0.357 e. The molecule has 0 saturated carbocycles. The number of hydrogen-bond acceptors (Lipinski definition) is 1. The Morgan fingerprint density at radius 2 is 0.324 bits per heavy atom. The Morgan fingerprint density at radius 1 is 0.197 bits per heavy atom. The monoisotopic (exact) mass is 866 g/mol. The van der Waals surface area contributed by atoms with Crippen molar-refractivity contribution >= 4 is 291 Å². The fourth-order valence-corrected chi connectivity index (χ4v) is 27.3. The molecule has 0 aromatic heterocycles. The van der Waals surface area contributed by atoms with Gasteiger partial charge in [0, 0.05) is 0 Å². The molecular weight excluding hydrogens is 857 g/mol. The van der Waals surface area contributed by atoms with E-state index in [1.54, 1.807) is 313 Å². The second-order valence-electron chi connectivity index (χ2n) is 27.0. The molecule has 2 bridgehead atoms.